The van der Waals surface area contributed by atoms with Crippen molar-refractivity contribution in [3.8, 4) is 0 Å². The molecule has 0 saturated heterocycles. The van der Waals surface area contributed by atoms with Crippen LogP contribution in [0.4, 0.5) is 0 Å². The first-order valence-corrected chi connectivity index (χ1v) is 27.1. The molecule has 0 heterocycles. The van der Waals surface area contributed by atoms with E-state index >= 15 is 0 Å². The van der Waals surface area contributed by atoms with Gasteiger partial charge in [0.05, 0.1) is 0 Å². The molecule has 65 heavy (non-hydrogen) atoms. The molecule has 0 aliphatic heterocycles. The fraction of sp³-hybridized carbons (Fsp3) is 0.712. The number of hydrogen-bond acceptors (Lipinski definition) is 6. The normalized spacial score (nSPS) is 12.7. The number of unbranched alkanes of at least 4 members (excludes halogenated alkanes) is 23. The smallest absolute Gasteiger partial charge is 0.306 e. The Bertz CT molecular complexity index is 1270. The van der Waals surface area contributed by atoms with E-state index in [0.29, 0.717) is 19.3 Å². The van der Waals surface area contributed by atoms with E-state index in [-0.39, 0.29) is 31.1 Å². The summed E-state index contributed by atoms with van der Waals surface area (Å²) < 4.78 is 16.7. The van der Waals surface area contributed by atoms with Gasteiger partial charge in [0.2, 0.25) is 0 Å². The van der Waals surface area contributed by atoms with Gasteiger partial charge in [-0.25, -0.2) is 0 Å². The largest absolute Gasteiger partial charge is 0.462 e. The van der Waals surface area contributed by atoms with E-state index in [1.54, 1.807) is 0 Å². The van der Waals surface area contributed by atoms with E-state index in [9.17, 15) is 14.4 Å². The summed E-state index contributed by atoms with van der Waals surface area (Å²) >= 11 is 0. The van der Waals surface area contributed by atoms with Gasteiger partial charge in [-0.1, -0.05) is 221 Å². The third-order valence-electron chi connectivity index (χ3n) is 11.4. The monoisotopic (exact) mass is 905 g/mol. The molecular weight excluding hydrogens is 805 g/mol. The van der Waals surface area contributed by atoms with Crippen LogP contribution in [0, 0.1) is 0 Å². The molecule has 0 bridgehead atoms. The van der Waals surface area contributed by atoms with Gasteiger partial charge in [-0.3, -0.25) is 14.4 Å². The molecule has 372 valence electrons. The average Bonchev–Trinajstić information content (AvgIpc) is 3.30. The Balaban J connectivity index is 4.36. The van der Waals surface area contributed by atoms with Crippen molar-refractivity contribution in [3.63, 3.8) is 0 Å². The van der Waals surface area contributed by atoms with E-state index in [0.717, 1.165) is 96.3 Å². The Morgan fingerprint density at radius 3 is 0.985 bits per heavy atom. The van der Waals surface area contributed by atoms with Crippen molar-refractivity contribution < 1.29 is 28.6 Å². The van der Waals surface area contributed by atoms with Crippen molar-refractivity contribution in [3.05, 3.63) is 85.1 Å². The molecule has 0 radical (unpaired) electrons. The molecule has 0 amide bonds. The first kappa shape index (κ1) is 61.6. The molecule has 6 nitrogen and oxygen atoms in total. The van der Waals surface area contributed by atoms with Crippen LogP contribution in [0.3, 0.4) is 0 Å². The van der Waals surface area contributed by atoms with Crippen LogP contribution in [0.15, 0.2) is 85.1 Å². The second kappa shape index (κ2) is 53.2. The summed E-state index contributed by atoms with van der Waals surface area (Å²) in [7, 11) is 0. The van der Waals surface area contributed by atoms with Crippen LogP contribution in [0.1, 0.15) is 252 Å². The molecule has 0 N–H and O–H groups in total. The van der Waals surface area contributed by atoms with Gasteiger partial charge in [-0.2, -0.15) is 0 Å². The molecule has 1 atom stereocenters. The number of allylic oxidation sites excluding steroid dienone is 14. The van der Waals surface area contributed by atoms with Crippen molar-refractivity contribution in [2.24, 2.45) is 0 Å². The third kappa shape index (κ3) is 51.4. The van der Waals surface area contributed by atoms with E-state index in [1.807, 2.05) is 0 Å². The summed E-state index contributed by atoms with van der Waals surface area (Å²) in [6.07, 6.45) is 68.7. The maximum Gasteiger partial charge on any atom is 0.306 e. The molecule has 6 heteroatoms. The topological polar surface area (TPSA) is 78.9 Å². The summed E-state index contributed by atoms with van der Waals surface area (Å²) in [6, 6.07) is 0. The summed E-state index contributed by atoms with van der Waals surface area (Å²) in [6.45, 7) is 6.46. The SMILES string of the molecule is CC/C=C\C/C=C\C/C=C\C/C=C\C/C=C\C/C=C\CCCCC(=O)OCC(COC(=O)CCCCCCCCCC)OC(=O)CCCCCCCCC/C=C\CCCCCCCCC. The summed E-state index contributed by atoms with van der Waals surface area (Å²) in [5.41, 5.74) is 0. The van der Waals surface area contributed by atoms with Gasteiger partial charge >= 0.3 is 17.9 Å². The number of ether oxygens (including phenoxy) is 3. The molecule has 0 aromatic rings. The fourth-order valence-corrected chi connectivity index (χ4v) is 7.32. The van der Waals surface area contributed by atoms with E-state index in [4.69, 9.17) is 14.2 Å². The molecule has 0 aromatic heterocycles. The van der Waals surface area contributed by atoms with Gasteiger partial charge in [0, 0.05) is 19.3 Å². The number of esters is 3. The third-order valence-corrected chi connectivity index (χ3v) is 11.4. The highest BCUT2D eigenvalue weighted by Gasteiger charge is 2.19. The number of hydrogen-bond donors (Lipinski definition) is 0. The summed E-state index contributed by atoms with van der Waals surface area (Å²) in [5, 5.41) is 0. The van der Waals surface area contributed by atoms with Crippen molar-refractivity contribution in [2.45, 2.75) is 258 Å². The van der Waals surface area contributed by atoms with Crippen LogP contribution in [0.5, 0.6) is 0 Å². The lowest BCUT2D eigenvalue weighted by Crippen LogP contribution is -2.30. The zero-order valence-corrected chi connectivity index (χ0v) is 42.5. The van der Waals surface area contributed by atoms with Crippen molar-refractivity contribution >= 4 is 17.9 Å². The van der Waals surface area contributed by atoms with Gasteiger partial charge in [-0.05, 0) is 96.3 Å². The molecular formula is C59H100O6. The van der Waals surface area contributed by atoms with Crippen LogP contribution in [-0.4, -0.2) is 37.2 Å². The maximum absolute atomic E-state index is 12.8. The van der Waals surface area contributed by atoms with Gasteiger partial charge in [0.25, 0.3) is 0 Å². The van der Waals surface area contributed by atoms with Crippen LogP contribution in [0.25, 0.3) is 0 Å². The molecule has 1 unspecified atom stereocenters. The van der Waals surface area contributed by atoms with Gasteiger partial charge in [0.1, 0.15) is 13.2 Å². The van der Waals surface area contributed by atoms with Gasteiger partial charge in [-0.15, -0.1) is 0 Å². The van der Waals surface area contributed by atoms with E-state index < -0.39 is 6.10 Å². The highest BCUT2D eigenvalue weighted by atomic mass is 16.6. The van der Waals surface area contributed by atoms with Gasteiger partial charge < -0.3 is 14.2 Å². The Hall–Kier alpha value is -3.41. The molecule has 0 rings (SSSR count). The van der Waals surface area contributed by atoms with Crippen molar-refractivity contribution in [1.29, 1.82) is 0 Å². The quantitative estimate of drug-likeness (QED) is 0.0262. The predicted molar refractivity (Wildman–Crippen MR) is 279 cm³/mol. The summed E-state index contributed by atoms with van der Waals surface area (Å²) in [5.74, 6) is -0.944. The lowest BCUT2D eigenvalue weighted by atomic mass is 10.1. The number of carbonyl (C=O) groups is 3. The minimum Gasteiger partial charge on any atom is -0.462 e. The lowest BCUT2D eigenvalue weighted by Gasteiger charge is -2.18. The average molecular weight is 905 g/mol. The molecule has 0 fully saturated rings. The second-order valence-corrected chi connectivity index (χ2v) is 17.8. The lowest BCUT2D eigenvalue weighted by molar-refractivity contribution is -0.167. The Labute approximate surface area is 401 Å². The summed E-state index contributed by atoms with van der Waals surface area (Å²) in [4.78, 5) is 37.9. The standard InChI is InChI=1S/C59H100O6/c1-4-7-10-13-16-19-21-23-25-27-29-30-31-33-34-36-38-40-43-46-49-52-58(61)64-55-56(54-63-57(60)51-48-45-42-18-15-12-9-6-3)65-59(62)53-50-47-44-41-39-37-35-32-28-26-24-22-20-17-14-11-8-5-2/h7,10,16,19,23,25-26,28-30,33-34,38,40,56H,4-6,8-9,11-15,17-18,20-22,24,27,31-32,35-37,39,41-55H2,1-3H3/b10-7-,19-16-,25-23-,28-26-,30-29-,34-33-,40-38-. The molecule has 0 aliphatic carbocycles. The van der Waals surface area contributed by atoms with Crippen LogP contribution >= 0.6 is 0 Å². The number of rotatable bonds is 48. The maximum atomic E-state index is 12.8. The minimum absolute atomic E-state index is 0.0914. The zero-order chi connectivity index (χ0) is 47.2. The molecule has 0 aliphatic rings. The van der Waals surface area contributed by atoms with Crippen molar-refractivity contribution in [2.75, 3.05) is 13.2 Å². The first-order chi connectivity index (χ1) is 32.0. The predicted octanol–water partition coefficient (Wildman–Crippen LogP) is 18.0. The highest BCUT2D eigenvalue weighted by molar-refractivity contribution is 5.71. The molecule has 0 aromatic carbocycles. The van der Waals surface area contributed by atoms with Gasteiger partial charge in [0.15, 0.2) is 6.10 Å². The minimum atomic E-state index is -0.794. The Morgan fingerprint density at radius 1 is 0.323 bits per heavy atom. The van der Waals surface area contributed by atoms with Crippen molar-refractivity contribution in [1.82, 2.24) is 0 Å². The molecule has 0 spiro atoms. The van der Waals surface area contributed by atoms with Crippen LogP contribution in [-0.2, 0) is 28.6 Å². The first-order valence-electron chi connectivity index (χ1n) is 27.1. The zero-order valence-electron chi connectivity index (χ0n) is 42.5. The Kier molecular flexibility index (Phi) is 50.4. The number of carbonyl (C=O) groups excluding carboxylic acids is 3. The highest BCUT2D eigenvalue weighted by Crippen LogP contribution is 2.14. The van der Waals surface area contributed by atoms with Crippen LogP contribution < -0.4 is 0 Å². The second-order valence-electron chi connectivity index (χ2n) is 17.8. The van der Waals surface area contributed by atoms with E-state index in [1.165, 1.54) is 116 Å². The fourth-order valence-electron chi connectivity index (χ4n) is 7.32. The Morgan fingerprint density at radius 2 is 0.600 bits per heavy atom. The molecule has 0 saturated carbocycles. The van der Waals surface area contributed by atoms with E-state index in [2.05, 4.69) is 106 Å². The van der Waals surface area contributed by atoms with Crippen LogP contribution in [0.2, 0.25) is 0 Å².